The number of nitrogens with one attached hydrogen (secondary N) is 2. The molecule has 1 atom stereocenters. The number of benzene rings is 2. The van der Waals surface area contributed by atoms with Crippen molar-refractivity contribution in [2.45, 2.75) is 18.1 Å². The van der Waals surface area contributed by atoms with Crippen LogP contribution in [-0.2, 0) is 11.3 Å². The molecule has 25 heavy (non-hydrogen) atoms. The highest BCUT2D eigenvalue weighted by atomic mass is 32.2. The van der Waals surface area contributed by atoms with Crippen LogP contribution in [0.3, 0.4) is 0 Å². The first-order chi connectivity index (χ1) is 12.0. The van der Waals surface area contributed by atoms with Crippen molar-refractivity contribution in [2.24, 2.45) is 0 Å². The molecule has 0 spiro atoms. The van der Waals surface area contributed by atoms with Gasteiger partial charge in [0, 0.05) is 16.1 Å². The Morgan fingerprint density at radius 1 is 1.16 bits per heavy atom. The first-order valence-corrected chi connectivity index (χ1v) is 8.97. The molecule has 0 aliphatic carbocycles. The van der Waals surface area contributed by atoms with Gasteiger partial charge in [-0.1, -0.05) is 12.1 Å². The van der Waals surface area contributed by atoms with Gasteiger partial charge >= 0.3 is 6.61 Å². The molecule has 0 fully saturated rings. The van der Waals surface area contributed by atoms with E-state index in [9.17, 15) is 13.6 Å². The molecule has 0 aromatic heterocycles. The van der Waals surface area contributed by atoms with Gasteiger partial charge in [0.2, 0.25) is 0 Å². The molecule has 2 aromatic rings. The third-order valence-corrected chi connectivity index (χ3v) is 4.23. The highest BCUT2D eigenvalue weighted by Crippen LogP contribution is 2.17. The number of hydrogen-bond donors (Lipinski definition) is 2. The van der Waals surface area contributed by atoms with E-state index < -0.39 is 6.61 Å². The summed E-state index contributed by atoms with van der Waals surface area (Å²) >= 11 is 1.69. The van der Waals surface area contributed by atoms with Crippen molar-refractivity contribution in [3.05, 3.63) is 54.1 Å². The number of thioether (sulfide) groups is 1. The number of amides is 1. The summed E-state index contributed by atoms with van der Waals surface area (Å²) in [6.07, 6.45) is 2.03. The zero-order valence-corrected chi connectivity index (χ0v) is 14.9. The van der Waals surface area contributed by atoms with Crippen LogP contribution in [0.25, 0.3) is 0 Å². The molecule has 1 amide bonds. The minimum atomic E-state index is -2.86. The second-order valence-corrected chi connectivity index (χ2v) is 6.49. The Balaban J connectivity index is 1.82. The van der Waals surface area contributed by atoms with Crippen molar-refractivity contribution < 1.29 is 23.2 Å². The smallest absolute Gasteiger partial charge is 0.387 e. The number of likely N-dealkylation sites (N-methyl/N-ethyl adjacent to an activating group) is 1. The minimum Gasteiger partial charge on any atom is -0.435 e. The molecule has 0 aliphatic rings. The summed E-state index contributed by atoms with van der Waals surface area (Å²) in [4.78, 5) is 14.3. The second-order valence-electron chi connectivity index (χ2n) is 5.61. The molecule has 0 aliphatic heterocycles. The van der Waals surface area contributed by atoms with Gasteiger partial charge in [-0.25, -0.2) is 0 Å². The van der Waals surface area contributed by atoms with Crippen molar-refractivity contribution in [1.29, 1.82) is 0 Å². The lowest BCUT2D eigenvalue weighted by Gasteiger charge is -2.14. The Morgan fingerprint density at radius 3 is 2.36 bits per heavy atom. The zero-order chi connectivity index (χ0) is 18.2. The fraction of sp³-hybridized carbons (Fsp3) is 0.278. The lowest BCUT2D eigenvalue weighted by molar-refractivity contribution is -0.885. The normalized spacial score (nSPS) is 12.0. The number of carbonyl (C=O) groups is 1. The fourth-order valence-electron chi connectivity index (χ4n) is 2.35. The summed E-state index contributed by atoms with van der Waals surface area (Å²) < 4.78 is 28.5. The van der Waals surface area contributed by atoms with Crippen molar-refractivity contribution in [1.82, 2.24) is 0 Å². The highest BCUT2D eigenvalue weighted by molar-refractivity contribution is 7.98. The predicted molar refractivity (Wildman–Crippen MR) is 95.4 cm³/mol. The van der Waals surface area contributed by atoms with Gasteiger partial charge in [0.05, 0.1) is 7.05 Å². The van der Waals surface area contributed by atoms with E-state index >= 15 is 0 Å². The lowest BCUT2D eigenvalue weighted by Crippen LogP contribution is -3.08. The van der Waals surface area contributed by atoms with Gasteiger partial charge in [-0.05, 0) is 42.7 Å². The Morgan fingerprint density at radius 2 is 1.80 bits per heavy atom. The topological polar surface area (TPSA) is 42.8 Å². The predicted octanol–water partition coefficient (Wildman–Crippen LogP) is 2.66. The molecule has 2 N–H and O–H groups in total. The Bertz CT molecular complexity index is 678. The molecular formula is C18H21F2N2O2S+. The average molecular weight is 367 g/mol. The average Bonchev–Trinajstić information content (AvgIpc) is 2.56. The van der Waals surface area contributed by atoms with Gasteiger partial charge < -0.3 is 15.0 Å². The van der Waals surface area contributed by atoms with E-state index in [0.717, 1.165) is 17.0 Å². The van der Waals surface area contributed by atoms with Gasteiger partial charge in [0.1, 0.15) is 12.3 Å². The number of quaternary nitrogens is 1. The molecular weight excluding hydrogens is 346 g/mol. The Kier molecular flexibility index (Phi) is 7.21. The Labute approximate surface area is 150 Å². The van der Waals surface area contributed by atoms with Crippen molar-refractivity contribution in [3.63, 3.8) is 0 Å². The standard InChI is InChI=1S/C18H20F2N2O2S/c1-22(11-13-3-9-16(25-2)10-4-13)12-17(23)21-14-5-7-15(8-6-14)24-18(19)20/h3-10,18H,11-12H2,1-2H3,(H,21,23)/p+1. The van der Waals surface area contributed by atoms with E-state index in [4.69, 9.17) is 0 Å². The maximum atomic E-state index is 12.1. The van der Waals surface area contributed by atoms with Crippen LogP contribution >= 0.6 is 11.8 Å². The second kappa shape index (κ2) is 9.39. The molecule has 1 unspecified atom stereocenters. The minimum absolute atomic E-state index is 0.0597. The quantitative estimate of drug-likeness (QED) is 0.705. The summed E-state index contributed by atoms with van der Waals surface area (Å²) in [5.41, 5.74) is 1.71. The largest absolute Gasteiger partial charge is 0.435 e. The van der Waals surface area contributed by atoms with E-state index in [1.54, 1.807) is 11.8 Å². The summed E-state index contributed by atoms with van der Waals surface area (Å²) in [6.45, 7) is -1.81. The maximum Gasteiger partial charge on any atom is 0.387 e. The zero-order valence-electron chi connectivity index (χ0n) is 14.1. The van der Waals surface area contributed by atoms with E-state index in [1.165, 1.54) is 29.2 Å². The number of halogens is 2. The van der Waals surface area contributed by atoms with E-state index in [-0.39, 0.29) is 11.7 Å². The number of hydrogen-bond acceptors (Lipinski definition) is 3. The van der Waals surface area contributed by atoms with Crippen molar-refractivity contribution in [3.8, 4) is 5.75 Å². The summed E-state index contributed by atoms with van der Waals surface area (Å²) in [7, 11) is 1.95. The van der Waals surface area contributed by atoms with Crippen LogP contribution < -0.4 is 15.0 Å². The highest BCUT2D eigenvalue weighted by Gasteiger charge is 2.11. The first-order valence-electron chi connectivity index (χ1n) is 7.75. The summed E-state index contributed by atoms with van der Waals surface area (Å²) in [5.74, 6) is -0.0785. The van der Waals surface area contributed by atoms with E-state index in [0.29, 0.717) is 12.2 Å². The molecule has 0 heterocycles. The molecule has 134 valence electrons. The molecule has 2 aromatic carbocycles. The van der Waals surface area contributed by atoms with Crippen LogP contribution in [0.15, 0.2) is 53.4 Å². The summed E-state index contributed by atoms with van der Waals surface area (Å²) in [5, 5.41) is 2.75. The summed E-state index contributed by atoms with van der Waals surface area (Å²) in [6, 6.07) is 14.1. The van der Waals surface area contributed by atoms with E-state index in [1.807, 2.05) is 13.3 Å². The molecule has 7 heteroatoms. The maximum absolute atomic E-state index is 12.1. The number of carbonyl (C=O) groups excluding carboxylic acids is 1. The van der Waals surface area contributed by atoms with Crippen molar-refractivity contribution in [2.75, 3.05) is 25.2 Å². The monoisotopic (exact) mass is 367 g/mol. The third-order valence-electron chi connectivity index (χ3n) is 3.49. The lowest BCUT2D eigenvalue weighted by atomic mass is 10.2. The van der Waals surface area contributed by atoms with Gasteiger partial charge in [0.25, 0.3) is 5.91 Å². The SMILES string of the molecule is CSc1ccc(C[NH+](C)CC(=O)Nc2ccc(OC(F)F)cc2)cc1. The number of rotatable bonds is 8. The molecule has 4 nitrogen and oxygen atoms in total. The van der Waals surface area contributed by atoms with E-state index in [2.05, 4.69) is 34.3 Å². The molecule has 0 saturated heterocycles. The molecule has 0 bridgehead atoms. The molecule has 2 rings (SSSR count). The van der Waals surface area contributed by atoms with Crippen LogP contribution in [0, 0.1) is 0 Å². The van der Waals surface area contributed by atoms with Gasteiger partial charge in [-0.15, -0.1) is 11.8 Å². The Hall–Kier alpha value is -2.12. The van der Waals surface area contributed by atoms with Gasteiger partial charge in [0.15, 0.2) is 6.54 Å². The number of ether oxygens (including phenoxy) is 1. The van der Waals surface area contributed by atoms with Crippen LogP contribution in [-0.4, -0.2) is 32.4 Å². The fourth-order valence-corrected chi connectivity index (χ4v) is 2.76. The van der Waals surface area contributed by atoms with Gasteiger partial charge in [-0.2, -0.15) is 8.78 Å². The third kappa shape index (κ3) is 6.72. The number of anilines is 1. The first kappa shape index (κ1) is 19.2. The van der Waals surface area contributed by atoms with Crippen LogP contribution in [0.4, 0.5) is 14.5 Å². The number of alkyl halides is 2. The van der Waals surface area contributed by atoms with Crippen LogP contribution in [0.1, 0.15) is 5.56 Å². The van der Waals surface area contributed by atoms with Crippen LogP contribution in [0.5, 0.6) is 5.75 Å². The van der Waals surface area contributed by atoms with Crippen molar-refractivity contribution >= 4 is 23.4 Å². The molecule has 0 radical (unpaired) electrons. The van der Waals surface area contributed by atoms with Gasteiger partial charge in [-0.3, -0.25) is 4.79 Å². The van der Waals surface area contributed by atoms with Crippen LogP contribution in [0.2, 0.25) is 0 Å². The molecule has 0 saturated carbocycles.